The lowest BCUT2D eigenvalue weighted by molar-refractivity contribution is -0.113. The minimum atomic E-state index is -0.249. The number of benzene rings is 3. The molecule has 5 aromatic rings. The molecule has 2 aromatic heterocycles. The molecule has 3 aromatic carbocycles. The number of nitrogens with one attached hydrogen (secondary N) is 2. The van der Waals surface area contributed by atoms with Gasteiger partial charge in [-0.05, 0) is 54.6 Å². The second-order valence-corrected chi connectivity index (χ2v) is 8.85. The molecule has 34 heavy (non-hydrogen) atoms. The van der Waals surface area contributed by atoms with Crippen molar-refractivity contribution in [3.63, 3.8) is 0 Å². The van der Waals surface area contributed by atoms with Crippen LogP contribution in [0.2, 0.25) is 5.02 Å². The number of nitrogens with zero attached hydrogens (tertiary/aromatic N) is 2. The number of fused-ring (bicyclic) bond motifs is 3. The molecule has 7 nitrogen and oxygen atoms in total. The van der Waals surface area contributed by atoms with Crippen molar-refractivity contribution in [1.82, 2.24) is 14.5 Å². The molecule has 5 rings (SSSR count). The average Bonchev–Trinajstić information content (AvgIpc) is 3.23. The Hall–Kier alpha value is -3.75. The summed E-state index contributed by atoms with van der Waals surface area (Å²) in [7, 11) is 1.59. The van der Waals surface area contributed by atoms with E-state index < -0.39 is 0 Å². The molecule has 0 bridgehead atoms. The summed E-state index contributed by atoms with van der Waals surface area (Å²) in [5, 5.41) is 4.67. The van der Waals surface area contributed by atoms with Gasteiger partial charge >= 0.3 is 0 Å². The van der Waals surface area contributed by atoms with Crippen molar-refractivity contribution in [3.05, 3.63) is 88.2 Å². The van der Waals surface area contributed by atoms with Crippen LogP contribution in [0.15, 0.2) is 82.7 Å². The summed E-state index contributed by atoms with van der Waals surface area (Å²) >= 11 is 7.24. The zero-order chi connectivity index (χ0) is 23.7. The first-order chi connectivity index (χ1) is 16.5. The molecule has 0 aliphatic heterocycles. The van der Waals surface area contributed by atoms with E-state index in [1.807, 2.05) is 24.3 Å². The Kier molecular flexibility index (Phi) is 6.00. The van der Waals surface area contributed by atoms with Crippen molar-refractivity contribution in [2.45, 2.75) is 5.16 Å². The largest absolute Gasteiger partial charge is 0.497 e. The average molecular weight is 491 g/mol. The highest BCUT2D eigenvalue weighted by molar-refractivity contribution is 7.99. The first kappa shape index (κ1) is 22.1. The molecular weight excluding hydrogens is 472 g/mol. The van der Waals surface area contributed by atoms with Gasteiger partial charge in [0.2, 0.25) is 5.91 Å². The number of anilines is 1. The normalized spacial score (nSPS) is 11.1. The third kappa shape index (κ3) is 4.25. The summed E-state index contributed by atoms with van der Waals surface area (Å²) in [5.74, 6) is 0.557. The van der Waals surface area contributed by atoms with Crippen LogP contribution in [0.25, 0.3) is 27.6 Å². The third-order valence-electron chi connectivity index (χ3n) is 5.29. The van der Waals surface area contributed by atoms with Crippen molar-refractivity contribution < 1.29 is 9.53 Å². The van der Waals surface area contributed by atoms with Crippen LogP contribution in [-0.2, 0) is 4.79 Å². The minimum absolute atomic E-state index is 0.0694. The highest BCUT2D eigenvalue weighted by Crippen LogP contribution is 2.27. The number of ether oxygens (including phenoxy) is 1. The number of methoxy groups -OCH3 is 1. The Morgan fingerprint density at radius 1 is 1.09 bits per heavy atom. The van der Waals surface area contributed by atoms with E-state index in [0.717, 1.165) is 10.9 Å². The summed E-state index contributed by atoms with van der Waals surface area (Å²) in [5.41, 5.74) is 2.82. The molecule has 170 valence electrons. The van der Waals surface area contributed by atoms with Crippen LogP contribution in [0.4, 0.5) is 5.69 Å². The maximum Gasteiger partial charge on any atom is 0.283 e. The van der Waals surface area contributed by atoms with Crippen LogP contribution in [0, 0.1) is 0 Å². The number of H-pyrrole nitrogens is 1. The van der Waals surface area contributed by atoms with E-state index in [1.165, 1.54) is 16.3 Å². The minimum Gasteiger partial charge on any atom is -0.497 e. The molecule has 0 aliphatic rings. The van der Waals surface area contributed by atoms with Gasteiger partial charge in [-0.1, -0.05) is 41.6 Å². The summed E-state index contributed by atoms with van der Waals surface area (Å²) in [6.45, 7) is 0. The van der Waals surface area contributed by atoms with Gasteiger partial charge < -0.3 is 15.0 Å². The number of halogens is 1. The number of hydrogen-bond donors (Lipinski definition) is 2. The van der Waals surface area contributed by atoms with E-state index in [1.54, 1.807) is 55.6 Å². The molecule has 2 heterocycles. The number of aromatic nitrogens is 3. The summed E-state index contributed by atoms with van der Waals surface area (Å²) in [6, 6.07) is 21.6. The molecule has 2 N–H and O–H groups in total. The first-order valence-electron chi connectivity index (χ1n) is 10.4. The lowest BCUT2D eigenvalue weighted by Gasteiger charge is -2.12. The highest BCUT2D eigenvalue weighted by atomic mass is 35.5. The summed E-state index contributed by atoms with van der Waals surface area (Å²) < 4.78 is 6.64. The fourth-order valence-corrected chi connectivity index (χ4v) is 4.59. The van der Waals surface area contributed by atoms with Crippen molar-refractivity contribution in [3.8, 4) is 11.4 Å². The Bertz CT molecular complexity index is 1560. The van der Waals surface area contributed by atoms with Crippen molar-refractivity contribution in [2.75, 3.05) is 18.2 Å². The topological polar surface area (TPSA) is 89.0 Å². The van der Waals surface area contributed by atoms with E-state index >= 15 is 0 Å². The molecule has 0 radical (unpaired) electrons. The van der Waals surface area contributed by atoms with Crippen LogP contribution < -0.4 is 15.6 Å². The van der Waals surface area contributed by atoms with Gasteiger partial charge in [-0.15, -0.1) is 0 Å². The van der Waals surface area contributed by atoms with Gasteiger partial charge in [0.05, 0.1) is 18.6 Å². The number of hydrogen-bond acceptors (Lipinski definition) is 5. The van der Waals surface area contributed by atoms with Crippen molar-refractivity contribution in [1.29, 1.82) is 0 Å². The number of thioether (sulfide) groups is 1. The molecule has 1 amide bonds. The monoisotopic (exact) mass is 490 g/mol. The molecule has 0 saturated heterocycles. The maximum atomic E-state index is 13.5. The SMILES string of the molecule is COc1ccc(NC(=O)CSc2nc3c([nH]c4ccccc43)c(=O)n2-c2ccc(Cl)cc2)cc1. The van der Waals surface area contributed by atoms with E-state index in [2.05, 4.69) is 10.3 Å². The molecule has 0 fully saturated rings. The van der Waals surface area contributed by atoms with Gasteiger partial charge in [-0.25, -0.2) is 4.98 Å². The summed E-state index contributed by atoms with van der Waals surface area (Å²) in [6.07, 6.45) is 0. The highest BCUT2D eigenvalue weighted by Gasteiger charge is 2.18. The molecule has 9 heteroatoms. The number of carbonyl (C=O) groups excluding carboxylic acids is 1. The fourth-order valence-electron chi connectivity index (χ4n) is 3.66. The zero-order valence-electron chi connectivity index (χ0n) is 18.0. The molecule has 0 unspecified atom stereocenters. The number of para-hydroxylation sites is 1. The van der Waals surface area contributed by atoms with E-state index in [0.29, 0.717) is 38.3 Å². The number of aromatic amines is 1. The quantitative estimate of drug-likeness (QED) is 0.250. The van der Waals surface area contributed by atoms with E-state index in [9.17, 15) is 9.59 Å². The second kappa shape index (κ2) is 9.24. The second-order valence-electron chi connectivity index (χ2n) is 7.47. The number of rotatable bonds is 6. The van der Waals surface area contributed by atoms with Gasteiger partial charge in [0, 0.05) is 21.6 Å². The number of amides is 1. The fraction of sp³-hybridized carbons (Fsp3) is 0.0800. The van der Waals surface area contributed by atoms with Crippen LogP contribution in [0.5, 0.6) is 5.75 Å². The predicted octanol–water partition coefficient (Wildman–Crippen LogP) is 5.26. The van der Waals surface area contributed by atoms with Gasteiger partial charge in [-0.2, -0.15) is 0 Å². The van der Waals surface area contributed by atoms with E-state index in [-0.39, 0.29) is 17.2 Å². The van der Waals surface area contributed by atoms with Gasteiger partial charge in [0.15, 0.2) is 5.16 Å². The Morgan fingerprint density at radius 2 is 1.82 bits per heavy atom. The van der Waals surface area contributed by atoms with Gasteiger partial charge in [0.1, 0.15) is 16.8 Å². The summed E-state index contributed by atoms with van der Waals surface area (Å²) in [4.78, 5) is 34.1. The Morgan fingerprint density at radius 3 is 2.56 bits per heavy atom. The zero-order valence-corrected chi connectivity index (χ0v) is 19.6. The third-order valence-corrected chi connectivity index (χ3v) is 6.48. The van der Waals surface area contributed by atoms with Gasteiger partial charge in [0.25, 0.3) is 5.56 Å². The first-order valence-corrected chi connectivity index (χ1v) is 11.8. The number of carbonyl (C=O) groups is 1. The standard InChI is InChI=1S/C25H19ClN4O3S/c1-33-18-12-8-16(9-13-18)27-21(31)14-34-25-29-22-19-4-2-3-5-20(19)28-23(22)24(32)30(25)17-10-6-15(26)7-11-17/h2-13,28H,14H2,1H3,(H,27,31). The Balaban J connectivity index is 1.52. The molecule has 0 aliphatic carbocycles. The lowest BCUT2D eigenvalue weighted by atomic mass is 10.2. The molecule has 0 atom stereocenters. The molecule has 0 saturated carbocycles. The predicted molar refractivity (Wildman–Crippen MR) is 137 cm³/mol. The van der Waals surface area contributed by atoms with Crippen LogP contribution in [0.3, 0.4) is 0 Å². The van der Waals surface area contributed by atoms with E-state index in [4.69, 9.17) is 21.3 Å². The van der Waals surface area contributed by atoms with Gasteiger partial charge in [-0.3, -0.25) is 14.2 Å². The maximum absolute atomic E-state index is 13.5. The Labute approximate surface area is 203 Å². The van der Waals surface area contributed by atoms with Crippen LogP contribution >= 0.6 is 23.4 Å². The van der Waals surface area contributed by atoms with Crippen LogP contribution in [-0.4, -0.2) is 33.3 Å². The molecule has 0 spiro atoms. The lowest BCUT2D eigenvalue weighted by Crippen LogP contribution is -2.23. The van der Waals surface area contributed by atoms with Crippen LogP contribution in [0.1, 0.15) is 0 Å². The van der Waals surface area contributed by atoms with Crippen molar-refractivity contribution in [2.24, 2.45) is 0 Å². The van der Waals surface area contributed by atoms with Crippen molar-refractivity contribution >= 4 is 56.9 Å². The molecular formula is C25H19ClN4O3S. The smallest absolute Gasteiger partial charge is 0.283 e.